The number of ether oxygens (including phenoxy) is 1. The largest absolute Gasteiger partial charge is 0.390 e. The van der Waals surface area contributed by atoms with Gasteiger partial charge < -0.3 is 9.84 Å². The Morgan fingerprint density at radius 1 is 1.00 bits per heavy atom. The van der Waals surface area contributed by atoms with Crippen molar-refractivity contribution in [3.05, 3.63) is 0 Å². The Labute approximate surface area is 177 Å². The van der Waals surface area contributed by atoms with E-state index in [0.29, 0.717) is 13.0 Å². The van der Waals surface area contributed by atoms with Crippen molar-refractivity contribution >= 4 is 0 Å². The van der Waals surface area contributed by atoms with Crippen molar-refractivity contribution in [2.45, 2.75) is 137 Å². The van der Waals surface area contributed by atoms with Crippen LogP contribution in [0.1, 0.15) is 126 Å². The van der Waals surface area contributed by atoms with E-state index in [2.05, 4.69) is 34.6 Å². The van der Waals surface area contributed by atoms with Gasteiger partial charge in [0.15, 0.2) is 0 Å². The highest BCUT2D eigenvalue weighted by atomic mass is 16.5. The van der Waals surface area contributed by atoms with E-state index in [0.717, 1.165) is 30.1 Å². The van der Waals surface area contributed by atoms with Crippen molar-refractivity contribution in [3.63, 3.8) is 0 Å². The summed E-state index contributed by atoms with van der Waals surface area (Å²) in [7, 11) is 0. The highest BCUT2D eigenvalue weighted by molar-refractivity contribution is 4.83. The minimum atomic E-state index is -0.629. The molecule has 0 heterocycles. The lowest BCUT2D eigenvalue weighted by Gasteiger charge is -2.37. The van der Waals surface area contributed by atoms with E-state index >= 15 is 0 Å². The van der Waals surface area contributed by atoms with Gasteiger partial charge in [-0.05, 0) is 70.1 Å². The maximum absolute atomic E-state index is 9.95. The second kappa shape index (κ2) is 12.6. The summed E-state index contributed by atoms with van der Waals surface area (Å²) in [5.41, 5.74) is -0.654. The minimum absolute atomic E-state index is 0.0258. The summed E-state index contributed by atoms with van der Waals surface area (Å²) in [5, 5.41) is 9.95. The van der Waals surface area contributed by atoms with Crippen molar-refractivity contribution in [1.29, 1.82) is 0 Å². The van der Waals surface area contributed by atoms with Crippen molar-refractivity contribution < 1.29 is 9.84 Å². The molecule has 4 atom stereocenters. The molecule has 1 aliphatic rings. The average Bonchev–Trinajstić information content (AvgIpc) is 2.59. The van der Waals surface area contributed by atoms with Gasteiger partial charge in [-0.25, -0.2) is 0 Å². The zero-order valence-corrected chi connectivity index (χ0v) is 20.4. The molecule has 1 saturated carbocycles. The van der Waals surface area contributed by atoms with Crippen LogP contribution in [0.4, 0.5) is 0 Å². The summed E-state index contributed by atoms with van der Waals surface area (Å²) < 4.78 is 6.29. The van der Waals surface area contributed by atoms with Gasteiger partial charge in [0.05, 0.1) is 17.8 Å². The molecule has 0 aromatic rings. The Morgan fingerprint density at radius 3 is 2.29 bits per heavy atom. The van der Waals surface area contributed by atoms with Crippen LogP contribution in [0.25, 0.3) is 0 Å². The van der Waals surface area contributed by atoms with Crippen molar-refractivity contribution in [3.8, 4) is 0 Å². The fourth-order valence-electron chi connectivity index (χ4n) is 4.85. The normalized spacial score (nSPS) is 24.3. The summed E-state index contributed by atoms with van der Waals surface area (Å²) in [6, 6.07) is 0. The predicted octanol–water partition coefficient (Wildman–Crippen LogP) is 7.77. The number of hydrogen-bond donors (Lipinski definition) is 1. The van der Waals surface area contributed by atoms with Crippen LogP contribution in [0.3, 0.4) is 0 Å². The molecule has 0 aromatic heterocycles. The molecule has 0 bridgehead atoms. The standard InChI is InChI=1S/C26H52O2/c1-8-26(7,28-18-17-25(5,6)27)20-24-14-10-13-23(19-24)16-15-22(4)12-9-11-21(2)3/h21-24,27H,8-20H2,1-7H3. The first-order chi connectivity index (χ1) is 13.0. The second-order valence-corrected chi connectivity index (χ2v) is 11.3. The molecule has 0 saturated heterocycles. The van der Waals surface area contributed by atoms with E-state index in [-0.39, 0.29) is 5.60 Å². The molecule has 1 fully saturated rings. The monoisotopic (exact) mass is 396 g/mol. The van der Waals surface area contributed by atoms with Gasteiger partial charge in [0, 0.05) is 0 Å². The maximum atomic E-state index is 9.95. The molecule has 168 valence electrons. The van der Waals surface area contributed by atoms with Crippen LogP contribution in [0.15, 0.2) is 0 Å². The summed E-state index contributed by atoms with van der Waals surface area (Å²) in [4.78, 5) is 0. The van der Waals surface area contributed by atoms with Gasteiger partial charge in [-0.1, -0.05) is 79.1 Å². The minimum Gasteiger partial charge on any atom is -0.390 e. The molecule has 1 aliphatic carbocycles. The van der Waals surface area contributed by atoms with Crippen molar-refractivity contribution in [2.75, 3.05) is 6.61 Å². The summed E-state index contributed by atoms with van der Waals surface area (Å²) in [6.45, 7) is 16.1. The lowest BCUT2D eigenvalue weighted by molar-refractivity contribution is -0.0741. The Bertz CT molecular complexity index is 398. The number of rotatable bonds is 14. The number of hydrogen-bond acceptors (Lipinski definition) is 2. The van der Waals surface area contributed by atoms with Crippen LogP contribution < -0.4 is 0 Å². The van der Waals surface area contributed by atoms with Gasteiger partial charge >= 0.3 is 0 Å². The first kappa shape index (κ1) is 26.0. The molecule has 0 spiro atoms. The Balaban J connectivity index is 2.36. The van der Waals surface area contributed by atoms with E-state index in [1.165, 1.54) is 64.2 Å². The average molecular weight is 397 g/mol. The van der Waals surface area contributed by atoms with E-state index in [9.17, 15) is 5.11 Å². The molecule has 1 rings (SSSR count). The molecule has 0 radical (unpaired) electrons. The van der Waals surface area contributed by atoms with Gasteiger partial charge in [0.25, 0.3) is 0 Å². The predicted molar refractivity (Wildman–Crippen MR) is 123 cm³/mol. The van der Waals surface area contributed by atoms with E-state index in [1.807, 2.05) is 13.8 Å². The molecule has 1 N–H and O–H groups in total. The molecule has 0 aromatic carbocycles. The third-order valence-corrected chi connectivity index (χ3v) is 7.07. The van der Waals surface area contributed by atoms with Gasteiger partial charge in [-0.2, -0.15) is 0 Å². The zero-order valence-electron chi connectivity index (χ0n) is 20.4. The van der Waals surface area contributed by atoms with E-state index < -0.39 is 5.60 Å². The van der Waals surface area contributed by atoms with Gasteiger partial charge in [-0.15, -0.1) is 0 Å². The van der Waals surface area contributed by atoms with Crippen LogP contribution in [-0.4, -0.2) is 22.9 Å². The third kappa shape index (κ3) is 11.8. The van der Waals surface area contributed by atoms with E-state index in [4.69, 9.17) is 4.74 Å². The lowest BCUT2D eigenvalue weighted by Crippen LogP contribution is -2.34. The Hall–Kier alpha value is -0.0800. The van der Waals surface area contributed by atoms with Crippen LogP contribution >= 0.6 is 0 Å². The van der Waals surface area contributed by atoms with Gasteiger partial charge in [-0.3, -0.25) is 0 Å². The van der Waals surface area contributed by atoms with Gasteiger partial charge in [0.2, 0.25) is 0 Å². The van der Waals surface area contributed by atoms with E-state index in [1.54, 1.807) is 0 Å². The van der Waals surface area contributed by atoms with Gasteiger partial charge in [0.1, 0.15) is 0 Å². The smallest absolute Gasteiger partial charge is 0.0654 e. The quantitative estimate of drug-likeness (QED) is 0.325. The molecule has 2 nitrogen and oxygen atoms in total. The maximum Gasteiger partial charge on any atom is 0.0654 e. The second-order valence-electron chi connectivity index (χ2n) is 11.3. The molecule has 28 heavy (non-hydrogen) atoms. The molecular weight excluding hydrogens is 344 g/mol. The molecular formula is C26H52O2. The van der Waals surface area contributed by atoms with Crippen LogP contribution in [-0.2, 0) is 4.74 Å². The third-order valence-electron chi connectivity index (χ3n) is 7.07. The first-order valence-electron chi connectivity index (χ1n) is 12.4. The van der Waals surface area contributed by atoms with Crippen LogP contribution in [0.5, 0.6) is 0 Å². The lowest BCUT2D eigenvalue weighted by atomic mass is 9.74. The van der Waals surface area contributed by atoms with Crippen LogP contribution in [0.2, 0.25) is 0 Å². The summed E-state index contributed by atoms with van der Waals surface area (Å²) >= 11 is 0. The highest BCUT2D eigenvalue weighted by Gasteiger charge is 2.31. The van der Waals surface area contributed by atoms with Crippen LogP contribution in [0, 0.1) is 23.7 Å². The molecule has 2 heteroatoms. The van der Waals surface area contributed by atoms with Crippen molar-refractivity contribution in [2.24, 2.45) is 23.7 Å². The Kier molecular flexibility index (Phi) is 11.7. The summed E-state index contributed by atoms with van der Waals surface area (Å²) in [6.07, 6.45) is 15.7. The number of aliphatic hydroxyl groups is 1. The SMILES string of the molecule is CCC(C)(CC1CCCC(CCC(C)CCCC(C)C)C1)OCCC(C)(C)O. The van der Waals surface area contributed by atoms with Crippen molar-refractivity contribution in [1.82, 2.24) is 0 Å². The Morgan fingerprint density at radius 2 is 1.68 bits per heavy atom. The first-order valence-corrected chi connectivity index (χ1v) is 12.4. The topological polar surface area (TPSA) is 29.5 Å². The molecule has 4 unspecified atom stereocenters. The molecule has 0 aliphatic heterocycles. The zero-order chi connectivity index (χ0) is 21.2. The highest BCUT2D eigenvalue weighted by Crippen LogP contribution is 2.39. The summed E-state index contributed by atoms with van der Waals surface area (Å²) in [5.74, 6) is 3.50. The fraction of sp³-hybridized carbons (Fsp3) is 1.00. The fourth-order valence-corrected chi connectivity index (χ4v) is 4.85. The molecule has 0 amide bonds.